The van der Waals surface area contributed by atoms with Gasteiger partial charge in [0.05, 0.1) is 11.6 Å². The molecule has 0 aliphatic rings. The number of nitrogens with zero attached hydrogens (tertiary/aromatic N) is 2. The molecule has 0 spiro atoms. The van der Waals surface area contributed by atoms with E-state index in [9.17, 15) is 4.79 Å². The van der Waals surface area contributed by atoms with Crippen molar-refractivity contribution in [1.29, 1.82) is 0 Å². The van der Waals surface area contributed by atoms with E-state index in [4.69, 9.17) is 0 Å². The summed E-state index contributed by atoms with van der Waals surface area (Å²) in [5.41, 5.74) is 1.32. The molecule has 22 heavy (non-hydrogen) atoms. The van der Waals surface area contributed by atoms with Crippen molar-refractivity contribution in [2.24, 2.45) is 0 Å². The second-order valence-corrected chi connectivity index (χ2v) is 6.28. The normalized spacial score (nSPS) is 12.5. The van der Waals surface area contributed by atoms with E-state index in [2.05, 4.69) is 20.6 Å². The van der Waals surface area contributed by atoms with Crippen molar-refractivity contribution in [2.75, 3.05) is 5.32 Å². The largest absolute Gasteiger partial charge is 0.348 e. The van der Waals surface area contributed by atoms with Crippen molar-refractivity contribution in [3.63, 3.8) is 0 Å². The van der Waals surface area contributed by atoms with Crippen molar-refractivity contribution < 1.29 is 4.79 Å². The Kier molecular flexibility index (Phi) is 4.75. The molecule has 5 nitrogen and oxygen atoms in total. The zero-order valence-electron chi connectivity index (χ0n) is 13.4. The monoisotopic (exact) mass is 298 g/mol. The molecule has 2 rings (SSSR count). The average molecular weight is 298 g/mol. The number of nitrogens with one attached hydrogen (secondary N) is 2. The Bertz CT molecular complexity index is 617. The molecule has 2 aromatic rings. The molecule has 2 N–H and O–H groups in total. The number of rotatable bonds is 4. The van der Waals surface area contributed by atoms with Gasteiger partial charge in [0.15, 0.2) is 0 Å². The summed E-state index contributed by atoms with van der Waals surface area (Å²) in [5.74, 6) is 0.332. The summed E-state index contributed by atoms with van der Waals surface area (Å²) in [7, 11) is 0. The Morgan fingerprint density at radius 2 is 1.68 bits per heavy atom. The number of amides is 1. The molecule has 0 aliphatic carbocycles. The topological polar surface area (TPSA) is 66.9 Å². The van der Waals surface area contributed by atoms with Crippen LogP contribution in [0, 0.1) is 0 Å². The van der Waals surface area contributed by atoms with Crippen LogP contribution in [0.2, 0.25) is 0 Å². The van der Waals surface area contributed by atoms with Crippen LogP contribution in [0.25, 0.3) is 0 Å². The van der Waals surface area contributed by atoms with Crippen molar-refractivity contribution in [3.05, 3.63) is 53.9 Å². The molecule has 0 saturated carbocycles. The van der Waals surface area contributed by atoms with Gasteiger partial charge in [-0.1, -0.05) is 30.3 Å². The Labute approximate surface area is 131 Å². The van der Waals surface area contributed by atoms with Crippen LogP contribution >= 0.6 is 0 Å². The van der Waals surface area contributed by atoms with Crippen LogP contribution in [0.1, 0.15) is 49.7 Å². The van der Waals surface area contributed by atoms with E-state index in [1.54, 1.807) is 0 Å². The summed E-state index contributed by atoms with van der Waals surface area (Å²) in [6.07, 6.45) is 3.07. The second kappa shape index (κ2) is 6.56. The summed E-state index contributed by atoms with van der Waals surface area (Å²) in [5, 5.41) is 6.10. The molecular weight excluding hydrogens is 276 g/mol. The first-order valence-corrected chi connectivity index (χ1v) is 7.31. The van der Waals surface area contributed by atoms with E-state index in [0.717, 1.165) is 5.56 Å². The maximum atomic E-state index is 12.0. The Hall–Kier alpha value is -2.43. The highest BCUT2D eigenvalue weighted by atomic mass is 16.1. The molecule has 1 atom stereocenters. The van der Waals surface area contributed by atoms with Gasteiger partial charge in [-0.25, -0.2) is 9.97 Å². The molecule has 0 saturated heterocycles. The minimum atomic E-state index is -0.282. The third-order valence-corrected chi connectivity index (χ3v) is 3.05. The lowest BCUT2D eigenvalue weighted by Gasteiger charge is -2.20. The summed E-state index contributed by atoms with van der Waals surface area (Å²) < 4.78 is 0. The minimum Gasteiger partial charge on any atom is -0.348 e. The first-order chi connectivity index (χ1) is 10.3. The highest BCUT2D eigenvalue weighted by molar-refractivity contribution is 5.94. The quantitative estimate of drug-likeness (QED) is 0.909. The van der Waals surface area contributed by atoms with E-state index in [0.29, 0.717) is 11.5 Å². The zero-order valence-corrected chi connectivity index (χ0v) is 13.4. The molecule has 0 aliphatic heterocycles. The lowest BCUT2D eigenvalue weighted by Crippen LogP contribution is -2.40. The van der Waals surface area contributed by atoms with Gasteiger partial charge in [-0.3, -0.25) is 4.79 Å². The van der Waals surface area contributed by atoms with Gasteiger partial charge in [-0.05, 0) is 33.3 Å². The van der Waals surface area contributed by atoms with Gasteiger partial charge in [-0.15, -0.1) is 0 Å². The number of anilines is 1. The third kappa shape index (κ3) is 4.55. The molecule has 0 bridgehead atoms. The van der Waals surface area contributed by atoms with E-state index in [1.165, 1.54) is 12.4 Å². The fourth-order valence-electron chi connectivity index (χ4n) is 1.95. The molecule has 116 valence electrons. The maximum Gasteiger partial charge on any atom is 0.254 e. The van der Waals surface area contributed by atoms with E-state index in [1.807, 2.05) is 58.0 Å². The van der Waals surface area contributed by atoms with Crippen molar-refractivity contribution >= 4 is 11.9 Å². The molecule has 1 unspecified atom stereocenters. The molecular formula is C17H22N4O. The fraction of sp³-hybridized carbons (Fsp3) is 0.353. The van der Waals surface area contributed by atoms with Crippen molar-refractivity contribution in [2.45, 2.75) is 39.3 Å². The Morgan fingerprint density at radius 3 is 2.23 bits per heavy atom. The van der Waals surface area contributed by atoms with Gasteiger partial charge in [0, 0.05) is 17.9 Å². The average Bonchev–Trinajstić information content (AvgIpc) is 2.47. The van der Waals surface area contributed by atoms with E-state index in [-0.39, 0.29) is 17.5 Å². The lowest BCUT2D eigenvalue weighted by molar-refractivity contribution is 0.0919. The number of hydrogen-bond donors (Lipinski definition) is 2. The smallest absolute Gasteiger partial charge is 0.254 e. The van der Waals surface area contributed by atoms with Gasteiger partial charge >= 0.3 is 0 Å². The number of aromatic nitrogens is 2. The summed E-state index contributed by atoms with van der Waals surface area (Å²) in [6.45, 7) is 7.84. The van der Waals surface area contributed by atoms with Crippen LogP contribution in [-0.4, -0.2) is 21.4 Å². The minimum absolute atomic E-state index is 0.0930. The van der Waals surface area contributed by atoms with Crippen LogP contribution in [0.15, 0.2) is 42.7 Å². The van der Waals surface area contributed by atoms with E-state index < -0.39 is 0 Å². The number of carbonyl (C=O) groups is 1. The van der Waals surface area contributed by atoms with Gasteiger partial charge < -0.3 is 10.6 Å². The summed E-state index contributed by atoms with van der Waals surface area (Å²) in [6, 6.07) is 10.2. The van der Waals surface area contributed by atoms with Crippen molar-refractivity contribution in [1.82, 2.24) is 15.3 Å². The predicted molar refractivity (Wildman–Crippen MR) is 87.7 cm³/mol. The molecule has 1 amide bonds. The van der Waals surface area contributed by atoms with Crippen LogP contribution in [0.5, 0.6) is 0 Å². The highest BCUT2D eigenvalue weighted by Gasteiger charge is 2.16. The highest BCUT2D eigenvalue weighted by Crippen LogP contribution is 2.16. The van der Waals surface area contributed by atoms with Gasteiger partial charge in [0.2, 0.25) is 5.95 Å². The van der Waals surface area contributed by atoms with Crippen molar-refractivity contribution in [3.8, 4) is 0 Å². The fourth-order valence-corrected chi connectivity index (χ4v) is 1.95. The zero-order chi connectivity index (χ0) is 16.2. The Balaban J connectivity index is 2.02. The lowest BCUT2D eigenvalue weighted by atomic mass is 10.1. The molecule has 0 radical (unpaired) electrons. The van der Waals surface area contributed by atoms with E-state index >= 15 is 0 Å². The first-order valence-electron chi connectivity index (χ1n) is 7.31. The molecule has 0 fully saturated rings. The predicted octanol–water partition coefficient (Wildman–Crippen LogP) is 3.18. The maximum absolute atomic E-state index is 12.0. The molecule has 5 heteroatoms. The number of carbonyl (C=O) groups excluding carboxylic acids is 1. The second-order valence-electron chi connectivity index (χ2n) is 6.28. The van der Waals surface area contributed by atoms with Crippen LogP contribution in [-0.2, 0) is 0 Å². The molecule has 1 aromatic carbocycles. The summed E-state index contributed by atoms with van der Waals surface area (Å²) in [4.78, 5) is 20.4. The van der Waals surface area contributed by atoms with Crippen LogP contribution < -0.4 is 10.6 Å². The standard InChI is InChI=1S/C17H22N4O/c1-12(13-8-6-5-7-9-13)20-16-18-10-14(11-19-16)15(22)21-17(2,3)4/h5-12H,1-4H3,(H,21,22)(H,18,19,20). The van der Waals surface area contributed by atoms with Crippen LogP contribution in [0.3, 0.4) is 0 Å². The Morgan fingerprint density at radius 1 is 1.09 bits per heavy atom. The molecule has 1 heterocycles. The van der Waals surface area contributed by atoms with Crippen LogP contribution in [0.4, 0.5) is 5.95 Å². The first kappa shape index (κ1) is 15.9. The SMILES string of the molecule is CC(Nc1ncc(C(=O)NC(C)(C)C)cn1)c1ccccc1. The molecule has 1 aromatic heterocycles. The number of hydrogen-bond acceptors (Lipinski definition) is 4. The van der Waals surface area contributed by atoms with Gasteiger partial charge in [-0.2, -0.15) is 0 Å². The third-order valence-electron chi connectivity index (χ3n) is 3.05. The number of benzene rings is 1. The van der Waals surface area contributed by atoms with Gasteiger partial charge in [0.25, 0.3) is 5.91 Å². The summed E-state index contributed by atoms with van der Waals surface area (Å²) >= 11 is 0. The van der Waals surface area contributed by atoms with Gasteiger partial charge in [0.1, 0.15) is 0 Å².